The van der Waals surface area contributed by atoms with Crippen molar-refractivity contribution < 1.29 is 0 Å². The maximum absolute atomic E-state index is 9.76. The predicted molar refractivity (Wildman–Crippen MR) is 79.8 cm³/mol. The number of rotatable bonds is 2. The molecule has 1 aromatic rings. The summed E-state index contributed by atoms with van der Waals surface area (Å²) in [4.78, 5) is 0. The molecule has 1 saturated carbocycles. The molecule has 0 spiro atoms. The molecular formula is C16H19BrN2. The van der Waals surface area contributed by atoms with Crippen LogP contribution in [0.15, 0.2) is 22.7 Å². The monoisotopic (exact) mass is 318 g/mol. The Labute approximate surface area is 123 Å². The number of nitrogens with zero attached hydrogens (tertiary/aromatic N) is 1. The van der Waals surface area contributed by atoms with E-state index in [0.717, 1.165) is 17.3 Å². The summed E-state index contributed by atoms with van der Waals surface area (Å²) in [6.45, 7) is 0. The third kappa shape index (κ3) is 2.32. The van der Waals surface area contributed by atoms with Gasteiger partial charge < -0.3 is 0 Å². The molecule has 19 heavy (non-hydrogen) atoms. The number of hydrogen-bond donors (Lipinski definition) is 1. The normalized spacial score (nSPS) is 26.9. The molecule has 3 rings (SSSR count). The molecule has 2 nitrogen and oxygen atoms in total. The van der Waals surface area contributed by atoms with Crippen molar-refractivity contribution in [2.75, 3.05) is 0 Å². The number of nitrogens with one attached hydrogen (secondary N) is 1. The summed E-state index contributed by atoms with van der Waals surface area (Å²) < 4.78 is 1.15. The number of fused-ring (bicyclic) bond motifs is 1. The maximum Gasteiger partial charge on any atom is 0.133 e. The molecule has 1 unspecified atom stereocenters. The van der Waals surface area contributed by atoms with Crippen LogP contribution in [-0.2, 0) is 12.0 Å². The molecule has 1 atom stereocenters. The average Bonchev–Trinajstić information content (AvgIpc) is 2.81. The van der Waals surface area contributed by atoms with Crippen LogP contribution in [-0.4, -0.2) is 6.04 Å². The first-order valence-electron chi connectivity index (χ1n) is 7.22. The van der Waals surface area contributed by atoms with Crippen LogP contribution in [0.4, 0.5) is 0 Å². The van der Waals surface area contributed by atoms with Gasteiger partial charge in [0.2, 0.25) is 0 Å². The van der Waals surface area contributed by atoms with Crippen molar-refractivity contribution in [3.05, 3.63) is 33.8 Å². The van der Waals surface area contributed by atoms with Gasteiger partial charge in [-0.3, -0.25) is 5.32 Å². The molecule has 2 aliphatic carbocycles. The smallest absolute Gasteiger partial charge is 0.133 e. The van der Waals surface area contributed by atoms with Gasteiger partial charge in [0.05, 0.1) is 6.07 Å². The van der Waals surface area contributed by atoms with Crippen molar-refractivity contribution in [3.63, 3.8) is 0 Å². The molecule has 0 saturated heterocycles. The highest BCUT2D eigenvalue weighted by molar-refractivity contribution is 9.10. The van der Waals surface area contributed by atoms with Gasteiger partial charge in [-0.05, 0) is 42.9 Å². The van der Waals surface area contributed by atoms with E-state index >= 15 is 0 Å². The molecule has 0 amide bonds. The molecule has 2 aliphatic rings. The Morgan fingerprint density at radius 3 is 2.79 bits per heavy atom. The Kier molecular flexibility index (Phi) is 3.64. The van der Waals surface area contributed by atoms with E-state index in [1.807, 2.05) is 6.07 Å². The van der Waals surface area contributed by atoms with Gasteiger partial charge in [0.1, 0.15) is 5.54 Å². The van der Waals surface area contributed by atoms with Crippen LogP contribution in [0, 0.1) is 11.3 Å². The molecule has 100 valence electrons. The van der Waals surface area contributed by atoms with Crippen LogP contribution in [0.1, 0.15) is 49.7 Å². The number of hydrogen-bond acceptors (Lipinski definition) is 2. The summed E-state index contributed by atoms with van der Waals surface area (Å²) in [6, 6.07) is 9.33. The second-order valence-electron chi connectivity index (χ2n) is 5.76. The summed E-state index contributed by atoms with van der Waals surface area (Å²) in [5.74, 6) is 0. The number of nitriles is 1. The lowest BCUT2D eigenvalue weighted by Crippen LogP contribution is -2.46. The number of benzene rings is 1. The first kappa shape index (κ1) is 13.1. The molecule has 1 N–H and O–H groups in total. The quantitative estimate of drug-likeness (QED) is 0.893. The largest absolute Gasteiger partial charge is 0.293 e. The zero-order valence-corrected chi connectivity index (χ0v) is 12.7. The lowest BCUT2D eigenvalue weighted by Gasteiger charge is -2.32. The Morgan fingerprint density at radius 2 is 2.05 bits per heavy atom. The van der Waals surface area contributed by atoms with Gasteiger partial charge in [-0.15, -0.1) is 0 Å². The van der Waals surface area contributed by atoms with Crippen LogP contribution in [0.2, 0.25) is 0 Å². The van der Waals surface area contributed by atoms with Gasteiger partial charge in [0.25, 0.3) is 0 Å². The Hall–Kier alpha value is -0.850. The van der Waals surface area contributed by atoms with Gasteiger partial charge in [0.15, 0.2) is 0 Å². The van der Waals surface area contributed by atoms with Gasteiger partial charge in [-0.1, -0.05) is 47.3 Å². The molecular weight excluding hydrogens is 300 g/mol. The highest BCUT2D eigenvalue weighted by Crippen LogP contribution is 2.40. The summed E-state index contributed by atoms with van der Waals surface area (Å²) in [6.07, 6.45) is 8.26. The van der Waals surface area contributed by atoms with Crippen molar-refractivity contribution in [3.8, 4) is 6.07 Å². The average molecular weight is 319 g/mol. The fourth-order valence-electron chi connectivity index (χ4n) is 3.55. The minimum Gasteiger partial charge on any atom is -0.293 e. The SMILES string of the molecule is N#CC1(NC2CCCCC2)CCc2c(Br)cccc21. The summed E-state index contributed by atoms with van der Waals surface area (Å²) >= 11 is 3.62. The van der Waals surface area contributed by atoms with E-state index in [4.69, 9.17) is 0 Å². The highest BCUT2D eigenvalue weighted by atomic mass is 79.9. The summed E-state index contributed by atoms with van der Waals surface area (Å²) in [5, 5.41) is 13.4. The standard InChI is InChI=1S/C16H19BrN2/c17-15-8-4-7-14-13(15)9-10-16(14,11-18)19-12-5-2-1-3-6-12/h4,7-8,12,19H,1-3,5-6,9-10H2. The first-order chi connectivity index (χ1) is 9.25. The van der Waals surface area contributed by atoms with Gasteiger partial charge in [-0.2, -0.15) is 5.26 Å². The van der Waals surface area contributed by atoms with Crippen LogP contribution in [0.5, 0.6) is 0 Å². The number of halogens is 1. The van der Waals surface area contributed by atoms with E-state index in [-0.39, 0.29) is 0 Å². The third-order valence-electron chi connectivity index (χ3n) is 4.58. The molecule has 0 heterocycles. The second-order valence-corrected chi connectivity index (χ2v) is 6.62. The molecule has 1 aromatic carbocycles. The van der Waals surface area contributed by atoms with E-state index < -0.39 is 5.54 Å². The van der Waals surface area contributed by atoms with E-state index in [9.17, 15) is 5.26 Å². The van der Waals surface area contributed by atoms with Crippen molar-refractivity contribution in [2.24, 2.45) is 0 Å². The third-order valence-corrected chi connectivity index (χ3v) is 5.32. The minimum atomic E-state index is -0.457. The van der Waals surface area contributed by atoms with Gasteiger partial charge in [-0.25, -0.2) is 0 Å². The fraction of sp³-hybridized carbons (Fsp3) is 0.562. The van der Waals surface area contributed by atoms with Gasteiger partial charge in [0, 0.05) is 10.5 Å². The second kappa shape index (κ2) is 5.26. The molecule has 0 bridgehead atoms. The Morgan fingerprint density at radius 1 is 1.26 bits per heavy atom. The van der Waals surface area contributed by atoms with E-state index in [0.29, 0.717) is 6.04 Å². The van der Waals surface area contributed by atoms with Gasteiger partial charge >= 0.3 is 0 Å². The lowest BCUT2D eigenvalue weighted by atomic mass is 9.88. The van der Waals surface area contributed by atoms with Crippen LogP contribution in [0.3, 0.4) is 0 Å². The lowest BCUT2D eigenvalue weighted by molar-refractivity contribution is 0.295. The predicted octanol–water partition coefficient (Wildman–Crippen LogP) is 4.04. The zero-order chi connectivity index (χ0) is 13.3. The summed E-state index contributed by atoms with van der Waals surface area (Å²) in [5.41, 5.74) is 2.04. The highest BCUT2D eigenvalue weighted by Gasteiger charge is 2.41. The van der Waals surface area contributed by atoms with E-state index in [2.05, 4.69) is 39.4 Å². The van der Waals surface area contributed by atoms with E-state index in [1.165, 1.54) is 43.2 Å². The first-order valence-corrected chi connectivity index (χ1v) is 8.01. The zero-order valence-electron chi connectivity index (χ0n) is 11.1. The molecule has 0 aromatic heterocycles. The Balaban J connectivity index is 1.90. The Bertz CT molecular complexity index is 514. The molecule has 0 aliphatic heterocycles. The maximum atomic E-state index is 9.76. The molecule has 1 fully saturated rings. The van der Waals surface area contributed by atoms with Crippen molar-refractivity contribution in [2.45, 2.75) is 56.5 Å². The topological polar surface area (TPSA) is 35.8 Å². The van der Waals surface area contributed by atoms with Crippen LogP contribution >= 0.6 is 15.9 Å². The van der Waals surface area contributed by atoms with Crippen LogP contribution in [0.25, 0.3) is 0 Å². The molecule has 0 radical (unpaired) electrons. The van der Waals surface area contributed by atoms with Crippen molar-refractivity contribution >= 4 is 15.9 Å². The fourth-order valence-corrected chi connectivity index (χ4v) is 4.12. The summed E-state index contributed by atoms with van der Waals surface area (Å²) in [7, 11) is 0. The van der Waals surface area contributed by atoms with Crippen LogP contribution < -0.4 is 5.32 Å². The van der Waals surface area contributed by atoms with E-state index in [1.54, 1.807) is 0 Å². The van der Waals surface area contributed by atoms with Crippen molar-refractivity contribution in [1.82, 2.24) is 5.32 Å². The molecule has 3 heteroatoms. The minimum absolute atomic E-state index is 0.457. The van der Waals surface area contributed by atoms with Crippen molar-refractivity contribution in [1.29, 1.82) is 5.26 Å².